The summed E-state index contributed by atoms with van der Waals surface area (Å²) >= 11 is 0. The highest BCUT2D eigenvalue weighted by molar-refractivity contribution is 5.71. The van der Waals surface area contributed by atoms with Crippen LogP contribution in [0.25, 0.3) is 18.7 Å². The minimum atomic E-state index is 0.486. The standard InChI is InChI=1S/C20H25N/c1-14(2)8-6-10-18-11-7-9-16(4)19(18)20-17(5)15(3)12-13-21-20/h6-9,12-14,18H,3,5,10-11H2,1-2,4H3. The molecule has 0 amide bonds. The van der Waals surface area contributed by atoms with E-state index in [2.05, 4.69) is 63.2 Å². The Morgan fingerprint density at radius 2 is 2.14 bits per heavy atom. The molecule has 21 heavy (non-hydrogen) atoms. The van der Waals surface area contributed by atoms with Crippen LogP contribution in [0.1, 0.15) is 39.3 Å². The molecular weight excluding hydrogens is 254 g/mol. The highest BCUT2D eigenvalue weighted by Crippen LogP contribution is 2.33. The smallest absolute Gasteiger partial charge is 0.0739 e. The van der Waals surface area contributed by atoms with Gasteiger partial charge in [0, 0.05) is 6.20 Å². The van der Waals surface area contributed by atoms with Crippen molar-refractivity contribution in [1.29, 1.82) is 0 Å². The molecule has 1 unspecified atom stereocenters. The van der Waals surface area contributed by atoms with Gasteiger partial charge in [0.25, 0.3) is 0 Å². The Hall–Kier alpha value is -1.89. The van der Waals surface area contributed by atoms with Gasteiger partial charge in [-0.15, -0.1) is 0 Å². The molecule has 2 rings (SSSR count). The summed E-state index contributed by atoms with van der Waals surface area (Å²) in [6.07, 6.45) is 13.0. The van der Waals surface area contributed by atoms with Crippen LogP contribution in [0.2, 0.25) is 0 Å². The van der Waals surface area contributed by atoms with Crippen LogP contribution in [0.5, 0.6) is 0 Å². The fourth-order valence-corrected chi connectivity index (χ4v) is 2.81. The normalized spacial score (nSPS) is 19.0. The summed E-state index contributed by atoms with van der Waals surface area (Å²) in [6.45, 7) is 14.8. The zero-order chi connectivity index (χ0) is 15.4. The summed E-state index contributed by atoms with van der Waals surface area (Å²) in [6, 6.07) is 1.92. The van der Waals surface area contributed by atoms with Gasteiger partial charge in [-0.3, -0.25) is 4.98 Å². The number of rotatable bonds is 4. The molecule has 0 N–H and O–H groups in total. The van der Waals surface area contributed by atoms with Crippen LogP contribution in [0, 0.1) is 11.8 Å². The average molecular weight is 279 g/mol. The molecule has 110 valence electrons. The number of aromatic nitrogens is 1. The van der Waals surface area contributed by atoms with Crippen molar-refractivity contribution in [3.63, 3.8) is 0 Å². The van der Waals surface area contributed by atoms with Crippen molar-refractivity contribution >= 4 is 18.7 Å². The van der Waals surface area contributed by atoms with Crippen molar-refractivity contribution in [1.82, 2.24) is 4.98 Å². The summed E-state index contributed by atoms with van der Waals surface area (Å²) in [4.78, 5) is 4.59. The van der Waals surface area contributed by atoms with Crippen molar-refractivity contribution in [2.45, 2.75) is 33.6 Å². The molecule has 1 aromatic heterocycles. The molecule has 0 aliphatic heterocycles. The number of hydrogen-bond acceptors (Lipinski definition) is 1. The molecule has 1 heterocycles. The number of pyridine rings is 1. The summed E-state index contributed by atoms with van der Waals surface area (Å²) in [7, 11) is 0. The molecular formula is C20H25N. The summed E-state index contributed by atoms with van der Waals surface area (Å²) < 4.78 is 0. The second-order valence-corrected chi connectivity index (χ2v) is 6.14. The topological polar surface area (TPSA) is 12.9 Å². The van der Waals surface area contributed by atoms with Crippen LogP contribution >= 0.6 is 0 Å². The van der Waals surface area contributed by atoms with E-state index in [0.29, 0.717) is 11.8 Å². The Morgan fingerprint density at radius 1 is 1.38 bits per heavy atom. The molecule has 1 nitrogen and oxygen atoms in total. The SMILES string of the molecule is C=c1ccnc(C2=C(C)C=CCC2CC=CC(C)C)c1=C. The molecule has 0 saturated heterocycles. The third kappa shape index (κ3) is 3.60. The number of hydrogen-bond donors (Lipinski definition) is 0. The Labute approximate surface area is 128 Å². The van der Waals surface area contributed by atoms with E-state index in [1.807, 2.05) is 12.3 Å². The van der Waals surface area contributed by atoms with Crippen molar-refractivity contribution < 1.29 is 0 Å². The zero-order valence-corrected chi connectivity index (χ0v) is 13.4. The lowest BCUT2D eigenvalue weighted by atomic mass is 9.82. The molecule has 0 saturated carbocycles. The van der Waals surface area contributed by atoms with E-state index in [4.69, 9.17) is 0 Å². The highest BCUT2D eigenvalue weighted by Gasteiger charge is 2.20. The molecule has 0 bridgehead atoms. The largest absolute Gasteiger partial charge is 0.256 e. The van der Waals surface area contributed by atoms with E-state index in [0.717, 1.165) is 29.0 Å². The van der Waals surface area contributed by atoms with Gasteiger partial charge in [0.15, 0.2) is 0 Å². The van der Waals surface area contributed by atoms with E-state index in [-0.39, 0.29) is 0 Å². The van der Waals surface area contributed by atoms with Gasteiger partial charge in [0.1, 0.15) is 0 Å². The van der Waals surface area contributed by atoms with Crippen molar-refractivity contribution in [3.05, 3.63) is 58.3 Å². The van der Waals surface area contributed by atoms with Gasteiger partial charge in [0.05, 0.1) is 5.69 Å². The van der Waals surface area contributed by atoms with Gasteiger partial charge >= 0.3 is 0 Å². The fraction of sp³-hybridized carbons (Fsp3) is 0.350. The Balaban J connectivity index is 2.40. The first-order chi connectivity index (χ1) is 10.0. The lowest BCUT2D eigenvalue weighted by Crippen LogP contribution is -2.28. The number of allylic oxidation sites excluding steroid dienone is 6. The average Bonchev–Trinajstić information content (AvgIpc) is 2.42. The van der Waals surface area contributed by atoms with Crippen molar-refractivity contribution in [3.8, 4) is 0 Å². The molecule has 1 heteroatoms. The molecule has 0 fully saturated rings. The maximum absolute atomic E-state index is 4.59. The van der Waals surface area contributed by atoms with Crippen molar-refractivity contribution in [2.24, 2.45) is 11.8 Å². The minimum absolute atomic E-state index is 0.486. The highest BCUT2D eigenvalue weighted by atomic mass is 14.7. The van der Waals surface area contributed by atoms with Gasteiger partial charge in [0.2, 0.25) is 0 Å². The van der Waals surface area contributed by atoms with Crippen LogP contribution in [0.15, 0.2) is 42.1 Å². The second-order valence-electron chi connectivity index (χ2n) is 6.14. The quantitative estimate of drug-likeness (QED) is 0.763. The van der Waals surface area contributed by atoms with E-state index < -0.39 is 0 Å². The summed E-state index contributed by atoms with van der Waals surface area (Å²) in [5, 5.41) is 1.92. The maximum atomic E-state index is 4.59. The maximum Gasteiger partial charge on any atom is 0.0739 e. The third-order valence-electron chi connectivity index (χ3n) is 3.97. The molecule has 0 aromatic carbocycles. The fourth-order valence-electron chi connectivity index (χ4n) is 2.81. The monoisotopic (exact) mass is 279 g/mol. The summed E-state index contributed by atoms with van der Waals surface area (Å²) in [5.74, 6) is 1.09. The first kappa shape index (κ1) is 15.5. The zero-order valence-electron chi connectivity index (χ0n) is 13.4. The van der Waals surface area contributed by atoms with E-state index >= 15 is 0 Å². The molecule has 1 aliphatic rings. The minimum Gasteiger partial charge on any atom is -0.256 e. The molecule has 1 aromatic rings. The van der Waals surface area contributed by atoms with E-state index in [1.165, 1.54) is 11.1 Å². The van der Waals surface area contributed by atoms with Gasteiger partial charge in [-0.1, -0.05) is 51.3 Å². The van der Waals surface area contributed by atoms with Crippen LogP contribution in [0.4, 0.5) is 0 Å². The van der Waals surface area contributed by atoms with E-state index in [1.54, 1.807) is 0 Å². The third-order valence-corrected chi connectivity index (χ3v) is 3.97. The Bertz CT molecular complexity index is 689. The predicted octanol–water partition coefficient (Wildman–Crippen LogP) is 3.85. The van der Waals surface area contributed by atoms with Gasteiger partial charge in [-0.2, -0.15) is 0 Å². The molecule has 0 spiro atoms. The Kier molecular flexibility index (Phi) is 4.95. The molecule has 1 aliphatic carbocycles. The number of nitrogens with zero attached hydrogens (tertiary/aromatic N) is 1. The van der Waals surface area contributed by atoms with Crippen LogP contribution in [0.3, 0.4) is 0 Å². The Morgan fingerprint density at radius 3 is 2.86 bits per heavy atom. The van der Waals surface area contributed by atoms with Crippen LogP contribution in [-0.2, 0) is 0 Å². The lowest BCUT2D eigenvalue weighted by Gasteiger charge is -2.23. The first-order valence-electron chi connectivity index (χ1n) is 7.68. The van der Waals surface area contributed by atoms with Crippen LogP contribution in [-0.4, -0.2) is 4.98 Å². The first-order valence-corrected chi connectivity index (χ1v) is 7.68. The van der Waals surface area contributed by atoms with Gasteiger partial charge < -0.3 is 0 Å². The van der Waals surface area contributed by atoms with E-state index in [9.17, 15) is 0 Å². The van der Waals surface area contributed by atoms with Crippen LogP contribution < -0.4 is 10.4 Å². The predicted molar refractivity (Wildman–Crippen MR) is 93.0 cm³/mol. The summed E-state index contributed by atoms with van der Waals surface area (Å²) in [5.41, 5.74) is 3.65. The lowest BCUT2D eigenvalue weighted by molar-refractivity contribution is 0.675. The van der Waals surface area contributed by atoms with Gasteiger partial charge in [-0.25, -0.2) is 0 Å². The molecule has 1 atom stereocenters. The van der Waals surface area contributed by atoms with Crippen molar-refractivity contribution in [2.75, 3.05) is 0 Å². The van der Waals surface area contributed by atoms with Gasteiger partial charge in [-0.05, 0) is 59.3 Å². The second kappa shape index (κ2) is 6.71. The molecule has 0 radical (unpaired) electrons.